The van der Waals surface area contributed by atoms with Crippen molar-refractivity contribution in [1.29, 1.82) is 0 Å². The number of ether oxygens (including phenoxy) is 1. The first kappa shape index (κ1) is 17.8. The molecule has 1 rings (SSSR count). The molecule has 0 saturated heterocycles. The topological polar surface area (TPSA) is 29.5 Å². The highest BCUT2D eigenvalue weighted by atomic mass is 79.9. The Hall–Kier alpha value is -1.24. The van der Waals surface area contributed by atoms with Gasteiger partial charge < -0.3 is 9.64 Å². The molecule has 7 heteroatoms. The zero-order chi connectivity index (χ0) is 15.9. The summed E-state index contributed by atoms with van der Waals surface area (Å²) in [5.74, 6) is 0.200. The maximum Gasteiger partial charge on any atom is 0.406 e. The van der Waals surface area contributed by atoms with Gasteiger partial charge in [0.25, 0.3) is 0 Å². The Labute approximate surface area is 130 Å². The third kappa shape index (κ3) is 6.84. The van der Waals surface area contributed by atoms with Crippen LogP contribution in [0.1, 0.15) is 12.0 Å². The lowest BCUT2D eigenvalue weighted by Crippen LogP contribution is -2.40. The number of hydrogen-bond donors (Lipinski definition) is 0. The van der Waals surface area contributed by atoms with E-state index >= 15 is 0 Å². The van der Waals surface area contributed by atoms with Crippen LogP contribution in [0.15, 0.2) is 24.3 Å². The zero-order valence-corrected chi connectivity index (χ0v) is 13.2. The number of methoxy groups -OCH3 is 1. The van der Waals surface area contributed by atoms with Gasteiger partial charge in [0, 0.05) is 18.3 Å². The van der Waals surface area contributed by atoms with Crippen molar-refractivity contribution in [3.63, 3.8) is 0 Å². The lowest BCUT2D eigenvalue weighted by atomic mass is 10.1. The van der Waals surface area contributed by atoms with Crippen molar-refractivity contribution in [3.05, 3.63) is 29.8 Å². The third-order valence-corrected chi connectivity index (χ3v) is 3.22. The van der Waals surface area contributed by atoms with Gasteiger partial charge in [0.05, 0.1) is 7.11 Å². The molecule has 0 spiro atoms. The minimum atomic E-state index is -4.38. The van der Waals surface area contributed by atoms with E-state index < -0.39 is 18.6 Å². The molecule has 0 atom stereocenters. The van der Waals surface area contributed by atoms with E-state index in [4.69, 9.17) is 4.74 Å². The second kappa shape index (κ2) is 8.26. The molecular formula is C14H17BrF3NO2. The molecule has 3 nitrogen and oxygen atoms in total. The van der Waals surface area contributed by atoms with E-state index in [2.05, 4.69) is 15.9 Å². The Morgan fingerprint density at radius 2 is 1.90 bits per heavy atom. The van der Waals surface area contributed by atoms with Crippen LogP contribution in [0.5, 0.6) is 5.75 Å². The largest absolute Gasteiger partial charge is 0.497 e. The Kier molecular flexibility index (Phi) is 7.01. The molecule has 1 amide bonds. The summed E-state index contributed by atoms with van der Waals surface area (Å²) in [4.78, 5) is 12.7. The van der Waals surface area contributed by atoms with Gasteiger partial charge in [-0.2, -0.15) is 13.2 Å². The van der Waals surface area contributed by atoms with Crippen LogP contribution in [-0.2, 0) is 11.2 Å². The minimum Gasteiger partial charge on any atom is -0.497 e. The molecule has 0 N–H and O–H groups in total. The first-order valence-electron chi connectivity index (χ1n) is 6.39. The van der Waals surface area contributed by atoms with Crippen LogP contribution in [0.25, 0.3) is 0 Å². The molecule has 1 aromatic rings. The van der Waals surface area contributed by atoms with Gasteiger partial charge in [0.1, 0.15) is 12.3 Å². The summed E-state index contributed by atoms with van der Waals surface area (Å²) in [5, 5.41) is 0.317. The Bertz CT molecular complexity index is 449. The first-order valence-corrected chi connectivity index (χ1v) is 7.51. The normalized spacial score (nSPS) is 11.3. The predicted molar refractivity (Wildman–Crippen MR) is 77.7 cm³/mol. The van der Waals surface area contributed by atoms with Crippen LogP contribution in [0.2, 0.25) is 0 Å². The highest BCUT2D eigenvalue weighted by Crippen LogP contribution is 2.18. The lowest BCUT2D eigenvalue weighted by molar-refractivity contribution is -0.160. The van der Waals surface area contributed by atoms with Crippen LogP contribution in [-0.4, -0.2) is 42.5 Å². The molecule has 0 unspecified atom stereocenters. The smallest absolute Gasteiger partial charge is 0.406 e. The van der Waals surface area contributed by atoms with E-state index in [1.165, 1.54) is 0 Å². The van der Waals surface area contributed by atoms with Gasteiger partial charge in [-0.15, -0.1) is 0 Å². The summed E-state index contributed by atoms with van der Waals surface area (Å²) >= 11 is 3.06. The minimum absolute atomic E-state index is 0.0426. The number of halogens is 4. The van der Waals surface area contributed by atoms with Crippen molar-refractivity contribution < 1.29 is 22.7 Å². The van der Waals surface area contributed by atoms with Crippen molar-refractivity contribution in [2.24, 2.45) is 0 Å². The van der Waals surface area contributed by atoms with Crippen LogP contribution < -0.4 is 4.74 Å². The number of benzene rings is 1. The van der Waals surface area contributed by atoms with E-state index in [0.29, 0.717) is 17.5 Å². The fourth-order valence-electron chi connectivity index (χ4n) is 1.81. The number of amides is 1. The number of carbonyl (C=O) groups excluding carboxylic acids is 1. The maximum absolute atomic E-state index is 12.4. The molecule has 0 aliphatic carbocycles. The van der Waals surface area contributed by atoms with E-state index in [1.807, 2.05) is 0 Å². The Morgan fingerprint density at radius 3 is 2.38 bits per heavy atom. The summed E-state index contributed by atoms with van der Waals surface area (Å²) in [6.07, 6.45) is -3.92. The zero-order valence-electron chi connectivity index (χ0n) is 11.6. The Balaban J connectivity index is 2.55. The maximum atomic E-state index is 12.4. The van der Waals surface area contributed by atoms with Crippen molar-refractivity contribution in [2.75, 3.05) is 25.5 Å². The second-order valence-electron chi connectivity index (χ2n) is 4.47. The van der Waals surface area contributed by atoms with E-state index in [1.54, 1.807) is 31.4 Å². The second-order valence-corrected chi connectivity index (χ2v) is 5.26. The summed E-state index contributed by atoms with van der Waals surface area (Å²) in [5.41, 5.74) is 0.884. The quantitative estimate of drug-likeness (QED) is 0.691. The lowest BCUT2D eigenvalue weighted by Gasteiger charge is -2.23. The molecule has 0 saturated carbocycles. The molecule has 21 heavy (non-hydrogen) atoms. The van der Waals surface area contributed by atoms with Crippen LogP contribution in [0, 0.1) is 0 Å². The van der Waals surface area contributed by atoms with Gasteiger partial charge in [-0.3, -0.25) is 4.79 Å². The highest BCUT2D eigenvalue weighted by molar-refractivity contribution is 9.09. The third-order valence-electron chi connectivity index (χ3n) is 2.86. The fourth-order valence-corrected chi connectivity index (χ4v) is 2.24. The average molecular weight is 368 g/mol. The number of hydrogen-bond acceptors (Lipinski definition) is 2. The van der Waals surface area contributed by atoms with Gasteiger partial charge in [-0.25, -0.2) is 0 Å². The average Bonchev–Trinajstić information content (AvgIpc) is 2.43. The van der Waals surface area contributed by atoms with E-state index in [9.17, 15) is 18.0 Å². The Morgan fingerprint density at radius 1 is 1.29 bits per heavy atom. The summed E-state index contributed by atoms with van der Waals surface area (Å²) < 4.78 is 42.3. The van der Waals surface area contributed by atoms with E-state index in [0.717, 1.165) is 10.5 Å². The van der Waals surface area contributed by atoms with Gasteiger partial charge in [0.15, 0.2) is 0 Å². The van der Waals surface area contributed by atoms with Crippen molar-refractivity contribution >= 4 is 21.8 Å². The summed E-state index contributed by atoms with van der Waals surface area (Å²) in [6, 6.07) is 7.10. The molecule has 0 aliphatic rings. The van der Waals surface area contributed by atoms with E-state index in [-0.39, 0.29) is 13.0 Å². The van der Waals surface area contributed by atoms with Gasteiger partial charge >= 0.3 is 6.18 Å². The summed E-state index contributed by atoms with van der Waals surface area (Å²) in [6.45, 7) is -1.17. The van der Waals surface area contributed by atoms with Crippen molar-refractivity contribution in [1.82, 2.24) is 4.90 Å². The van der Waals surface area contributed by atoms with Gasteiger partial charge in [-0.1, -0.05) is 28.1 Å². The standard InChI is InChI=1S/C14H17BrF3NO2/c1-21-12-5-2-11(3-6-12)4-7-13(20)19(9-8-15)10-14(16,17)18/h2-3,5-6H,4,7-10H2,1H3. The molecule has 0 radical (unpaired) electrons. The number of aryl methyl sites for hydroxylation is 1. The monoisotopic (exact) mass is 367 g/mol. The van der Waals surface area contributed by atoms with Crippen LogP contribution in [0.4, 0.5) is 13.2 Å². The van der Waals surface area contributed by atoms with Gasteiger partial charge in [0.2, 0.25) is 5.91 Å². The van der Waals surface area contributed by atoms with Crippen molar-refractivity contribution in [3.8, 4) is 5.75 Å². The number of rotatable bonds is 7. The molecule has 0 aliphatic heterocycles. The number of carbonyl (C=O) groups is 1. The molecule has 0 heterocycles. The van der Waals surface area contributed by atoms with Crippen LogP contribution >= 0.6 is 15.9 Å². The predicted octanol–water partition coefficient (Wildman–Crippen LogP) is 3.41. The van der Waals surface area contributed by atoms with Gasteiger partial charge in [-0.05, 0) is 24.1 Å². The fraction of sp³-hybridized carbons (Fsp3) is 0.500. The highest BCUT2D eigenvalue weighted by Gasteiger charge is 2.32. The van der Waals surface area contributed by atoms with Crippen molar-refractivity contribution in [2.45, 2.75) is 19.0 Å². The molecule has 0 aromatic heterocycles. The molecular weight excluding hydrogens is 351 g/mol. The SMILES string of the molecule is COc1ccc(CCC(=O)N(CCBr)CC(F)(F)F)cc1. The molecule has 0 fully saturated rings. The molecule has 0 bridgehead atoms. The molecule has 1 aromatic carbocycles. The van der Waals surface area contributed by atoms with Crippen LogP contribution in [0.3, 0.4) is 0 Å². The number of nitrogens with zero attached hydrogens (tertiary/aromatic N) is 1. The summed E-state index contributed by atoms with van der Waals surface area (Å²) in [7, 11) is 1.55. The first-order chi connectivity index (χ1) is 9.85. The number of alkyl halides is 4. The molecule has 118 valence electrons.